The van der Waals surface area contributed by atoms with Gasteiger partial charge in [-0.3, -0.25) is 37.3 Å². The molecule has 5 atom stereocenters. The Hall–Kier alpha value is -1.94. The number of hydrogen-bond donors (Lipinski definition) is 3. The van der Waals surface area contributed by atoms with Crippen molar-refractivity contribution < 1.29 is 80.2 Å². The van der Waals surface area contributed by atoms with Crippen molar-refractivity contribution in [3.05, 3.63) is 0 Å². The van der Waals surface area contributed by atoms with E-state index >= 15 is 0 Å². The van der Waals surface area contributed by atoms with Gasteiger partial charge in [-0.2, -0.15) is 0 Å². The van der Waals surface area contributed by atoms with Crippen LogP contribution in [0.5, 0.6) is 0 Å². The Balaban J connectivity index is 5.21. The summed E-state index contributed by atoms with van der Waals surface area (Å²) in [6.07, 6.45) is 45.8. The first kappa shape index (κ1) is 86.1. The Kier molecular flexibility index (Phi) is 59.9. The van der Waals surface area contributed by atoms with Gasteiger partial charge in [-0.15, -0.1) is 0 Å². The predicted octanol–water partition coefficient (Wildman–Crippen LogP) is 19.6. The molecule has 0 heterocycles. The molecule has 19 heteroatoms. The van der Waals surface area contributed by atoms with Crippen molar-refractivity contribution in [2.75, 3.05) is 39.6 Å². The SMILES string of the molecule is CCCCCCCCCCCCCCCCC(=O)OC[C@H](COP(=O)(O)OC[C@@H](O)COP(=O)(O)OC[C@@H](COC(=O)CCCCCCCCC)OC(=O)CCCCCCCCCCCCC(C)C)OC(=O)CCCCCCCCCCCCCC(C)C. The van der Waals surface area contributed by atoms with E-state index in [1.807, 2.05) is 0 Å². The molecular weight excluding hydrogens is 1160 g/mol. The summed E-state index contributed by atoms with van der Waals surface area (Å²) in [6, 6.07) is 0. The number of aliphatic hydroxyl groups is 1. The van der Waals surface area contributed by atoms with Gasteiger partial charge in [0.25, 0.3) is 0 Å². The molecule has 0 aromatic rings. The first-order valence-electron chi connectivity index (χ1n) is 36.0. The maximum Gasteiger partial charge on any atom is 0.472 e. The molecule has 0 saturated carbocycles. The lowest BCUT2D eigenvalue weighted by molar-refractivity contribution is -0.161. The van der Waals surface area contributed by atoms with E-state index in [1.165, 1.54) is 154 Å². The van der Waals surface area contributed by atoms with E-state index in [1.54, 1.807) is 0 Å². The van der Waals surface area contributed by atoms with Crippen LogP contribution < -0.4 is 0 Å². The lowest BCUT2D eigenvalue weighted by Gasteiger charge is -2.21. The molecule has 0 aliphatic rings. The van der Waals surface area contributed by atoms with Crippen molar-refractivity contribution in [2.45, 2.75) is 368 Å². The number of esters is 4. The third-order valence-corrected chi connectivity index (χ3v) is 17.9. The standard InChI is InChI=1S/C69H134O17P2/c1-7-9-11-13-15-16-17-18-19-22-28-34-40-46-52-67(72)80-58-65(86-68(73)53-47-41-35-29-23-20-21-26-32-37-43-49-61(3)4)60-84-88(77,78)82-56-63(70)55-81-87(75,76)83-59-64(57-79-66(71)51-45-39-31-14-12-10-8-2)85-69(74)54-48-42-36-30-25-24-27-33-38-44-50-62(5)6/h61-65,70H,7-60H2,1-6H3,(H,75,76)(H,77,78)/t63-,64+,65+/m0/s1. The second-order valence-corrected chi connectivity index (χ2v) is 28.8. The molecule has 2 unspecified atom stereocenters. The Bertz CT molecular complexity index is 1720. The minimum Gasteiger partial charge on any atom is -0.462 e. The topological polar surface area (TPSA) is 237 Å². The van der Waals surface area contributed by atoms with E-state index in [0.29, 0.717) is 25.7 Å². The molecule has 0 aliphatic heterocycles. The van der Waals surface area contributed by atoms with E-state index in [2.05, 4.69) is 41.5 Å². The zero-order valence-electron chi connectivity index (χ0n) is 57.0. The van der Waals surface area contributed by atoms with Crippen LogP contribution in [0.1, 0.15) is 350 Å². The lowest BCUT2D eigenvalue weighted by Crippen LogP contribution is -2.30. The Morgan fingerprint density at radius 2 is 0.523 bits per heavy atom. The van der Waals surface area contributed by atoms with E-state index in [9.17, 15) is 43.2 Å². The van der Waals surface area contributed by atoms with Crippen LogP contribution in [0.4, 0.5) is 0 Å². The maximum atomic E-state index is 13.0. The minimum absolute atomic E-state index is 0.105. The molecule has 522 valence electrons. The molecule has 3 N–H and O–H groups in total. The summed E-state index contributed by atoms with van der Waals surface area (Å²) in [5, 5.41) is 10.6. The summed E-state index contributed by atoms with van der Waals surface area (Å²) in [5.74, 6) is -0.611. The average Bonchev–Trinajstić information content (AvgIpc) is 3.58. The molecule has 0 saturated heterocycles. The highest BCUT2D eigenvalue weighted by Crippen LogP contribution is 2.45. The highest BCUT2D eigenvalue weighted by Gasteiger charge is 2.30. The summed E-state index contributed by atoms with van der Waals surface area (Å²) in [4.78, 5) is 72.4. The van der Waals surface area contributed by atoms with Gasteiger partial charge >= 0.3 is 39.5 Å². The lowest BCUT2D eigenvalue weighted by atomic mass is 10.0. The average molecular weight is 1300 g/mol. The van der Waals surface area contributed by atoms with Crippen molar-refractivity contribution in [1.82, 2.24) is 0 Å². The Labute approximate surface area is 537 Å². The molecular formula is C69H134O17P2. The van der Waals surface area contributed by atoms with Crippen molar-refractivity contribution in [3.8, 4) is 0 Å². The highest BCUT2D eigenvalue weighted by atomic mass is 31.2. The Morgan fingerprint density at radius 1 is 0.307 bits per heavy atom. The third-order valence-electron chi connectivity index (χ3n) is 16.0. The zero-order chi connectivity index (χ0) is 65.0. The van der Waals surface area contributed by atoms with Crippen LogP contribution in [0.3, 0.4) is 0 Å². The molecule has 0 aromatic heterocycles. The number of phosphoric acid groups is 2. The first-order valence-corrected chi connectivity index (χ1v) is 39.0. The molecule has 0 aliphatic carbocycles. The van der Waals surface area contributed by atoms with Gasteiger partial charge in [-0.25, -0.2) is 9.13 Å². The van der Waals surface area contributed by atoms with Gasteiger partial charge in [0, 0.05) is 25.7 Å². The summed E-state index contributed by atoms with van der Waals surface area (Å²) in [7, 11) is -9.89. The first-order chi connectivity index (χ1) is 42.4. The molecule has 0 spiro atoms. The molecule has 17 nitrogen and oxygen atoms in total. The van der Waals surface area contributed by atoms with Gasteiger partial charge in [0.2, 0.25) is 0 Å². The second kappa shape index (κ2) is 61.3. The molecule has 0 amide bonds. The van der Waals surface area contributed by atoms with Crippen LogP contribution in [0.15, 0.2) is 0 Å². The monoisotopic (exact) mass is 1300 g/mol. The van der Waals surface area contributed by atoms with Gasteiger partial charge in [0.1, 0.15) is 19.3 Å². The van der Waals surface area contributed by atoms with Crippen LogP contribution in [0.2, 0.25) is 0 Å². The van der Waals surface area contributed by atoms with Crippen LogP contribution in [-0.4, -0.2) is 96.7 Å². The van der Waals surface area contributed by atoms with Gasteiger partial charge < -0.3 is 33.8 Å². The molecule has 0 aromatic carbocycles. The largest absolute Gasteiger partial charge is 0.472 e. The number of unbranched alkanes of at least 4 members (excludes halogenated alkanes) is 38. The van der Waals surface area contributed by atoms with Crippen LogP contribution >= 0.6 is 15.6 Å². The van der Waals surface area contributed by atoms with E-state index < -0.39 is 97.5 Å². The van der Waals surface area contributed by atoms with E-state index in [4.69, 9.17) is 37.0 Å². The van der Waals surface area contributed by atoms with Crippen molar-refractivity contribution in [1.29, 1.82) is 0 Å². The number of aliphatic hydroxyl groups excluding tert-OH is 1. The smallest absolute Gasteiger partial charge is 0.462 e. The quantitative estimate of drug-likeness (QED) is 0.0222. The van der Waals surface area contributed by atoms with Crippen LogP contribution in [0.25, 0.3) is 0 Å². The second-order valence-electron chi connectivity index (χ2n) is 25.9. The minimum atomic E-state index is -4.95. The van der Waals surface area contributed by atoms with E-state index in [0.717, 1.165) is 115 Å². The number of carbonyl (C=O) groups is 4. The number of hydrogen-bond acceptors (Lipinski definition) is 15. The molecule has 88 heavy (non-hydrogen) atoms. The van der Waals surface area contributed by atoms with Crippen LogP contribution in [-0.2, 0) is 65.4 Å². The van der Waals surface area contributed by atoms with Crippen molar-refractivity contribution in [2.24, 2.45) is 11.8 Å². The van der Waals surface area contributed by atoms with Crippen molar-refractivity contribution >= 4 is 39.5 Å². The summed E-state index contributed by atoms with van der Waals surface area (Å²) in [5.41, 5.74) is 0. The summed E-state index contributed by atoms with van der Waals surface area (Å²) in [6.45, 7) is 9.50. The summed E-state index contributed by atoms with van der Waals surface area (Å²) < 4.78 is 68.2. The molecule has 0 bridgehead atoms. The maximum absolute atomic E-state index is 13.0. The fourth-order valence-corrected chi connectivity index (χ4v) is 12.0. The number of ether oxygens (including phenoxy) is 4. The van der Waals surface area contributed by atoms with E-state index in [-0.39, 0.29) is 25.7 Å². The third kappa shape index (κ3) is 62.8. The molecule has 0 radical (unpaired) electrons. The zero-order valence-corrected chi connectivity index (χ0v) is 58.8. The van der Waals surface area contributed by atoms with Crippen molar-refractivity contribution in [3.63, 3.8) is 0 Å². The fraction of sp³-hybridized carbons (Fsp3) is 0.942. The normalized spacial score (nSPS) is 14.2. The predicted molar refractivity (Wildman–Crippen MR) is 354 cm³/mol. The number of rotatable bonds is 68. The fourth-order valence-electron chi connectivity index (χ4n) is 10.4. The Morgan fingerprint density at radius 3 is 0.773 bits per heavy atom. The number of carbonyl (C=O) groups excluding carboxylic acids is 4. The molecule has 0 fully saturated rings. The number of phosphoric ester groups is 2. The highest BCUT2D eigenvalue weighted by molar-refractivity contribution is 7.47. The van der Waals surface area contributed by atoms with Gasteiger partial charge in [-0.1, -0.05) is 298 Å². The van der Waals surface area contributed by atoms with Gasteiger partial charge in [0.15, 0.2) is 12.2 Å². The van der Waals surface area contributed by atoms with Gasteiger partial charge in [0.05, 0.1) is 26.4 Å². The van der Waals surface area contributed by atoms with Crippen LogP contribution in [0, 0.1) is 11.8 Å². The van der Waals surface area contributed by atoms with Gasteiger partial charge in [-0.05, 0) is 37.5 Å². The summed E-state index contributed by atoms with van der Waals surface area (Å²) >= 11 is 0. The molecule has 0 rings (SSSR count).